The number of aliphatic hydroxyl groups excluding tert-OH is 1. The first-order chi connectivity index (χ1) is 12.0. The maximum atomic E-state index is 10.8. The number of β-amino-alcohol motifs (C(OH)–C–C–N with tert-alkyl or cyclic N) is 1. The third-order valence-electron chi connectivity index (χ3n) is 4.27. The van der Waals surface area contributed by atoms with E-state index in [4.69, 9.17) is 21.4 Å². The van der Waals surface area contributed by atoms with E-state index in [0.29, 0.717) is 12.3 Å². The van der Waals surface area contributed by atoms with Crippen molar-refractivity contribution >= 4 is 17.6 Å². The molecule has 0 saturated heterocycles. The van der Waals surface area contributed by atoms with E-state index in [-0.39, 0.29) is 12.2 Å². The molecule has 0 saturated carbocycles. The molecule has 0 amide bonds. The molecule has 2 aromatic rings. The van der Waals surface area contributed by atoms with E-state index in [0.717, 1.165) is 24.5 Å². The fourth-order valence-electron chi connectivity index (χ4n) is 2.97. The monoisotopic (exact) mass is 361 g/mol. The minimum absolute atomic E-state index is 0.163. The normalized spacial score (nSPS) is 15.4. The van der Waals surface area contributed by atoms with Crippen LogP contribution < -0.4 is 4.74 Å². The van der Waals surface area contributed by atoms with Gasteiger partial charge in [-0.15, -0.1) is 0 Å². The van der Waals surface area contributed by atoms with Crippen LogP contribution in [0.15, 0.2) is 42.5 Å². The molecule has 132 valence electrons. The Labute approximate surface area is 151 Å². The van der Waals surface area contributed by atoms with Crippen LogP contribution in [0.5, 0.6) is 5.75 Å². The second kappa shape index (κ2) is 7.87. The summed E-state index contributed by atoms with van der Waals surface area (Å²) < 4.78 is 5.54. The number of hydrogen-bond donors (Lipinski definition) is 2. The smallest absolute Gasteiger partial charge is 0.335 e. The van der Waals surface area contributed by atoms with Crippen LogP contribution in [0.4, 0.5) is 0 Å². The number of hydrogen-bond acceptors (Lipinski definition) is 4. The summed E-state index contributed by atoms with van der Waals surface area (Å²) in [6.07, 6.45) is 0.299. The second-order valence-electron chi connectivity index (χ2n) is 6.19. The van der Waals surface area contributed by atoms with Crippen LogP contribution in [-0.4, -0.2) is 46.9 Å². The lowest BCUT2D eigenvalue weighted by atomic mass is 10.00. The van der Waals surface area contributed by atoms with Gasteiger partial charge in [-0.25, -0.2) is 4.79 Å². The maximum Gasteiger partial charge on any atom is 0.335 e. The van der Waals surface area contributed by atoms with E-state index in [1.54, 1.807) is 12.1 Å². The van der Waals surface area contributed by atoms with Gasteiger partial charge in [-0.1, -0.05) is 17.7 Å². The van der Waals surface area contributed by atoms with Gasteiger partial charge in [-0.2, -0.15) is 0 Å². The zero-order chi connectivity index (χ0) is 17.8. The van der Waals surface area contributed by atoms with Crippen molar-refractivity contribution < 1.29 is 19.7 Å². The highest BCUT2D eigenvalue weighted by Crippen LogP contribution is 2.22. The van der Waals surface area contributed by atoms with E-state index in [2.05, 4.69) is 4.90 Å². The number of carboxylic acid groups (broad SMARTS) is 1. The van der Waals surface area contributed by atoms with E-state index < -0.39 is 12.1 Å². The Morgan fingerprint density at radius 3 is 2.68 bits per heavy atom. The molecule has 1 heterocycles. The molecule has 0 bridgehead atoms. The zero-order valence-electron chi connectivity index (χ0n) is 13.7. The highest BCUT2D eigenvalue weighted by Gasteiger charge is 2.19. The van der Waals surface area contributed by atoms with Crippen LogP contribution in [0.2, 0.25) is 5.02 Å². The molecular weight excluding hydrogens is 342 g/mol. The van der Waals surface area contributed by atoms with Crippen LogP contribution in [0, 0.1) is 0 Å². The first kappa shape index (κ1) is 17.7. The van der Waals surface area contributed by atoms with E-state index in [1.165, 1.54) is 23.3 Å². The summed E-state index contributed by atoms with van der Waals surface area (Å²) in [7, 11) is 0. The number of ether oxygens (including phenoxy) is 1. The standard InChI is InChI=1S/C19H20ClNO4/c20-16-4-1-15-10-21(8-7-14(15)9-16)11-17(22)12-25-18-5-2-13(3-6-18)19(23)24/h1-6,9,17,22H,7-8,10-12H2,(H,23,24). The van der Waals surface area contributed by atoms with Crippen molar-refractivity contribution in [3.8, 4) is 5.75 Å². The average Bonchev–Trinajstić information content (AvgIpc) is 2.60. The van der Waals surface area contributed by atoms with Crippen LogP contribution >= 0.6 is 11.6 Å². The number of carboxylic acids is 1. The van der Waals surface area contributed by atoms with Crippen molar-refractivity contribution in [3.05, 3.63) is 64.2 Å². The Kier molecular flexibility index (Phi) is 5.58. The Balaban J connectivity index is 1.49. The van der Waals surface area contributed by atoms with Crippen molar-refractivity contribution in [1.29, 1.82) is 0 Å². The lowest BCUT2D eigenvalue weighted by molar-refractivity contribution is 0.0636. The van der Waals surface area contributed by atoms with Gasteiger partial charge in [0.1, 0.15) is 18.5 Å². The Morgan fingerprint density at radius 2 is 1.96 bits per heavy atom. The van der Waals surface area contributed by atoms with E-state index in [1.807, 2.05) is 18.2 Å². The lowest BCUT2D eigenvalue weighted by Crippen LogP contribution is -2.38. The molecule has 0 aromatic heterocycles. The molecule has 0 aliphatic carbocycles. The summed E-state index contributed by atoms with van der Waals surface area (Å²) in [5.74, 6) is -0.430. The largest absolute Gasteiger partial charge is 0.491 e. The van der Waals surface area contributed by atoms with Gasteiger partial charge in [-0.3, -0.25) is 4.90 Å². The minimum Gasteiger partial charge on any atom is -0.491 e. The van der Waals surface area contributed by atoms with Crippen LogP contribution in [-0.2, 0) is 13.0 Å². The maximum absolute atomic E-state index is 10.8. The van der Waals surface area contributed by atoms with Gasteiger partial charge in [0.25, 0.3) is 0 Å². The number of aromatic carboxylic acids is 1. The van der Waals surface area contributed by atoms with Gasteiger partial charge < -0.3 is 14.9 Å². The molecule has 1 aliphatic rings. The average molecular weight is 362 g/mol. The molecule has 1 aliphatic heterocycles. The summed E-state index contributed by atoms with van der Waals surface area (Å²) in [5, 5.41) is 19.8. The van der Waals surface area contributed by atoms with Gasteiger partial charge in [0.2, 0.25) is 0 Å². The predicted octanol–water partition coefficient (Wildman–Crippen LogP) is 2.84. The molecule has 25 heavy (non-hydrogen) atoms. The van der Waals surface area contributed by atoms with E-state index in [9.17, 15) is 9.90 Å². The third-order valence-corrected chi connectivity index (χ3v) is 4.51. The number of carbonyl (C=O) groups is 1. The topological polar surface area (TPSA) is 70.0 Å². The molecule has 3 rings (SSSR count). The van der Waals surface area contributed by atoms with Gasteiger partial charge in [0, 0.05) is 24.7 Å². The number of fused-ring (bicyclic) bond motifs is 1. The van der Waals surface area contributed by atoms with Gasteiger partial charge in [0.05, 0.1) is 5.56 Å². The Morgan fingerprint density at radius 1 is 1.20 bits per heavy atom. The zero-order valence-corrected chi connectivity index (χ0v) is 14.4. The van der Waals surface area contributed by atoms with Gasteiger partial charge in [-0.05, 0) is 53.9 Å². The fourth-order valence-corrected chi connectivity index (χ4v) is 3.17. The highest BCUT2D eigenvalue weighted by atomic mass is 35.5. The highest BCUT2D eigenvalue weighted by molar-refractivity contribution is 6.30. The minimum atomic E-state index is -0.974. The number of rotatable bonds is 6. The molecule has 1 atom stereocenters. The molecule has 0 spiro atoms. The van der Waals surface area contributed by atoms with Gasteiger partial charge >= 0.3 is 5.97 Å². The first-order valence-electron chi connectivity index (χ1n) is 8.15. The van der Waals surface area contributed by atoms with E-state index >= 15 is 0 Å². The SMILES string of the molecule is O=C(O)c1ccc(OCC(O)CN2CCc3cc(Cl)ccc3C2)cc1. The summed E-state index contributed by atoms with van der Waals surface area (Å²) >= 11 is 6.02. The van der Waals surface area contributed by atoms with Crippen molar-refractivity contribution in [1.82, 2.24) is 4.90 Å². The molecule has 0 fully saturated rings. The molecule has 5 nitrogen and oxygen atoms in total. The molecule has 6 heteroatoms. The number of aliphatic hydroxyl groups is 1. The van der Waals surface area contributed by atoms with Crippen LogP contribution in [0.25, 0.3) is 0 Å². The van der Waals surface area contributed by atoms with Crippen LogP contribution in [0.3, 0.4) is 0 Å². The van der Waals surface area contributed by atoms with Crippen molar-refractivity contribution in [2.24, 2.45) is 0 Å². The number of nitrogens with zero attached hydrogens (tertiary/aromatic N) is 1. The number of halogens is 1. The summed E-state index contributed by atoms with van der Waals surface area (Å²) in [6.45, 7) is 2.35. The summed E-state index contributed by atoms with van der Waals surface area (Å²) in [4.78, 5) is 13.0. The molecule has 2 N–H and O–H groups in total. The van der Waals surface area contributed by atoms with Crippen molar-refractivity contribution in [2.45, 2.75) is 19.1 Å². The first-order valence-corrected chi connectivity index (χ1v) is 8.53. The molecule has 2 aromatic carbocycles. The fraction of sp³-hybridized carbons (Fsp3) is 0.316. The summed E-state index contributed by atoms with van der Waals surface area (Å²) in [5.41, 5.74) is 2.72. The molecular formula is C19H20ClNO4. The summed E-state index contributed by atoms with van der Waals surface area (Å²) in [6, 6.07) is 12.1. The molecule has 1 unspecified atom stereocenters. The number of benzene rings is 2. The molecule has 0 radical (unpaired) electrons. The quantitative estimate of drug-likeness (QED) is 0.828. The Bertz CT molecular complexity index is 748. The Hall–Kier alpha value is -2.08. The van der Waals surface area contributed by atoms with Gasteiger partial charge in [0.15, 0.2) is 0 Å². The van der Waals surface area contributed by atoms with Crippen molar-refractivity contribution in [3.63, 3.8) is 0 Å². The third kappa shape index (κ3) is 4.72. The second-order valence-corrected chi connectivity index (χ2v) is 6.63. The van der Waals surface area contributed by atoms with Crippen molar-refractivity contribution in [2.75, 3.05) is 19.7 Å². The lowest BCUT2D eigenvalue weighted by Gasteiger charge is -2.30. The predicted molar refractivity (Wildman–Crippen MR) is 95.3 cm³/mol. The van der Waals surface area contributed by atoms with Crippen LogP contribution in [0.1, 0.15) is 21.5 Å².